The molecule has 90 valence electrons. The Balaban J connectivity index is 2.45. The quantitative estimate of drug-likeness (QED) is 0.813. The molecule has 1 nitrogen and oxygen atoms in total. The summed E-state index contributed by atoms with van der Waals surface area (Å²) in [5, 5.41) is 0. The summed E-state index contributed by atoms with van der Waals surface area (Å²) >= 11 is 5.14. The number of thioether (sulfide) groups is 1. The summed E-state index contributed by atoms with van der Waals surface area (Å²) in [6.45, 7) is 2.15. The molecule has 0 heterocycles. The van der Waals surface area contributed by atoms with Crippen molar-refractivity contribution in [3.63, 3.8) is 0 Å². The zero-order chi connectivity index (χ0) is 12.0. The fraction of sp³-hybridized carbons (Fsp3) is 0.500. The lowest BCUT2D eigenvalue weighted by Crippen LogP contribution is -2.25. The van der Waals surface area contributed by atoms with Crippen molar-refractivity contribution in [3.05, 3.63) is 34.1 Å². The van der Waals surface area contributed by atoms with Crippen LogP contribution in [0.15, 0.2) is 22.7 Å². The van der Waals surface area contributed by atoms with Crippen LogP contribution in [0, 0.1) is 5.82 Å². The monoisotopic (exact) mass is 305 g/mol. The van der Waals surface area contributed by atoms with Crippen LogP contribution >= 0.6 is 27.7 Å². The molecule has 1 rings (SSSR count). The molecule has 0 aromatic heterocycles. The summed E-state index contributed by atoms with van der Waals surface area (Å²) in [5.41, 5.74) is 6.94. The second-order valence-corrected chi connectivity index (χ2v) is 5.88. The van der Waals surface area contributed by atoms with Gasteiger partial charge in [-0.25, -0.2) is 4.39 Å². The number of halogens is 2. The van der Waals surface area contributed by atoms with E-state index in [-0.39, 0.29) is 11.9 Å². The van der Waals surface area contributed by atoms with E-state index in [0.29, 0.717) is 0 Å². The molecule has 1 aromatic carbocycles. The van der Waals surface area contributed by atoms with Crippen LogP contribution in [0.2, 0.25) is 0 Å². The van der Waals surface area contributed by atoms with E-state index in [1.807, 2.05) is 17.8 Å². The molecule has 0 radical (unpaired) electrons. The number of benzene rings is 1. The minimum Gasteiger partial charge on any atom is -0.327 e. The first-order valence-electron chi connectivity index (χ1n) is 5.40. The molecular weight excluding hydrogens is 289 g/mol. The van der Waals surface area contributed by atoms with Gasteiger partial charge in [0, 0.05) is 16.3 Å². The maximum absolute atomic E-state index is 13.1. The van der Waals surface area contributed by atoms with Crippen molar-refractivity contribution in [2.75, 3.05) is 11.5 Å². The lowest BCUT2D eigenvalue weighted by Gasteiger charge is -2.11. The lowest BCUT2D eigenvalue weighted by molar-refractivity contribution is 0.622. The van der Waals surface area contributed by atoms with E-state index < -0.39 is 0 Å². The van der Waals surface area contributed by atoms with E-state index in [2.05, 4.69) is 22.9 Å². The van der Waals surface area contributed by atoms with Crippen LogP contribution in [0.3, 0.4) is 0 Å². The van der Waals surface area contributed by atoms with Crippen LogP contribution in [-0.2, 0) is 6.42 Å². The van der Waals surface area contributed by atoms with Gasteiger partial charge in [0.05, 0.1) is 0 Å². The minimum absolute atomic E-state index is 0.102. The van der Waals surface area contributed by atoms with Crippen molar-refractivity contribution in [2.24, 2.45) is 5.73 Å². The molecule has 1 aromatic rings. The average molecular weight is 306 g/mol. The standard InChI is InChI=1S/C12H17BrFNS/c1-2-3-16-8-12(15)6-9-4-10(13)7-11(14)5-9/h4-5,7,12H,2-3,6,8,15H2,1H3. The number of rotatable bonds is 6. The van der Waals surface area contributed by atoms with E-state index >= 15 is 0 Å². The highest BCUT2D eigenvalue weighted by atomic mass is 79.9. The molecule has 0 amide bonds. The fourth-order valence-corrected chi connectivity index (χ4v) is 2.86. The SMILES string of the molecule is CCCSCC(N)Cc1cc(F)cc(Br)c1. The van der Waals surface area contributed by atoms with E-state index in [1.54, 1.807) is 6.07 Å². The summed E-state index contributed by atoms with van der Waals surface area (Å²) in [6.07, 6.45) is 1.90. The molecule has 0 spiro atoms. The topological polar surface area (TPSA) is 26.0 Å². The normalized spacial score (nSPS) is 12.8. The number of hydrogen-bond acceptors (Lipinski definition) is 2. The second kappa shape index (κ2) is 7.30. The summed E-state index contributed by atoms with van der Waals surface area (Å²) in [4.78, 5) is 0. The molecule has 4 heteroatoms. The first-order chi connectivity index (χ1) is 7.61. The van der Waals surface area contributed by atoms with Gasteiger partial charge in [-0.15, -0.1) is 0 Å². The average Bonchev–Trinajstić information content (AvgIpc) is 2.16. The highest BCUT2D eigenvalue weighted by Crippen LogP contribution is 2.16. The number of nitrogens with two attached hydrogens (primary N) is 1. The van der Waals surface area contributed by atoms with Gasteiger partial charge in [0.2, 0.25) is 0 Å². The van der Waals surface area contributed by atoms with Gasteiger partial charge in [0.15, 0.2) is 0 Å². The van der Waals surface area contributed by atoms with E-state index in [4.69, 9.17) is 5.73 Å². The molecule has 1 unspecified atom stereocenters. The van der Waals surface area contributed by atoms with Crippen molar-refractivity contribution >= 4 is 27.7 Å². The molecule has 0 aliphatic rings. The van der Waals surface area contributed by atoms with Crippen LogP contribution in [-0.4, -0.2) is 17.5 Å². The van der Waals surface area contributed by atoms with Gasteiger partial charge < -0.3 is 5.73 Å². The molecule has 2 N–H and O–H groups in total. The van der Waals surface area contributed by atoms with Crippen LogP contribution in [0.5, 0.6) is 0 Å². The molecule has 0 bridgehead atoms. The van der Waals surface area contributed by atoms with Crippen LogP contribution in [0.4, 0.5) is 4.39 Å². The van der Waals surface area contributed by atoms with E-state index in [0.717, 1.165) is 28.0 Å². The van der Waals surface area contributed by atoms with E-state index in [1.165, 1.54) is 12.5 Å². The molecule has 0 saturated carbocycles. The van der Waals surface area contributed by atoms with Gasteiger partial charge in [-0.3, -0.25) is 0 Å². The molecule has 1 atom stereocenters. The Kier molecular flexibility index (Phi) is 6.39. The van der Waals surface area contributed by atoms with Crippen LogP contribution in [0.25, 0.3) is 0 Å². The summed E-state index contributed by atoms with van der Waals surface area (Å²) in [6, 6.07) is 5.04. The predicted octanol–water partition coefficient (Wildman–Crippen LogP) is 3.60. The molecule has 0 fully saturated rings. The third-order valence-corrected chi connectivity index (χ3v) is 3.92. The van der Waals surface area contributed by atoms with Crippen molar-refractivity contribution in [1.82, 2.24) is 0 Å². The van der Waals surface area contributed by atoms with Crippen LogP contribution in [0.1, 0.15) is 18.9 Å². The summed E-state index contributed by atoms with van der Waals surface area (Å²) in [5.74, 6) is 1.86. The highest BCUT2D eigenvalue weighted by molar-refractivity contribution is 9.10. The lowest BCUT2D eigenvalue weighted by atomic mass is 10.1. The Bertz CT molecular complexity index is 313. The summed E-state index contributed by atoms with van der Waals surface area (Å²) in [7, 11) is 0. The van der Waals surface area contributed by atoms with Gasteiger partial charge in [-0.05, 0) is 42.4 Å². The van der Waals surface area contributed by atoms with Crippen LogP contribution < -0.4 is 5.73 Å². The maximum atomic E-state index is 13.1. The minimum atomic E-state index is -0.210. The fourth-order valence-electron chi connectivity index (χ4n) is 1.47. The zero-order valence-corrected chi connectivity index (χ0v) is 11.8. The molecule has 0 aliphatic carbocycles. The van der Waals surface area contributed by atoms with Gasteiger partial charge in [0.25, 0.3) is 0 Å². The first-order valence-corrected chi connectivity index (χ1v) is 7.35. The molecule has 0 saturated heterocycles. The van der Waals surface area contributed by atoms with Gasteiger partial charge >= 0.3 is 0 Å². The second-order valence-electron chi connectivity index (χ2n) is 3.82. The molecular formula is C12H17BrFNS. The Morgan fingerprint density at radius 2 is 2.19 bits per heavy atom. The van der Waals surface area contributed by atoms with Crippen molar-refractivity contribution in [2.45, 2.75) is 25.8 Å². The highest BCUT2D eigenvalue weighted by Gasteiger charge is 2.06. The number of hydrogen-bond donors (Lipinski definition) is 1. The molecule has 0 aliphatic heterocycles. The first kappa shape index (κ1) is 14.0. The molecule has 16 heavy (non-hydrogen) atoms. The van der Waals surface area contributed by atoms with Crippen molar-refractivity contribution in [3.8, 4) is 0 Å². The van der Waals surface area contributed by atoms with Crippen molar-refractivity contribution < 1.29 is 4.39 Å². The van der Waals surface area contributed by atoms with E-state index in [9.17, 15) is 4.39 Å². The van der Waals surface area contributed by atoms with Gasteiger partial charge in [-0.2, -0.15) is 11.8 Å². The van der Waals surface area contributed by atoms with Gasteiger partial charge in [-0.1, -0.05) is 22.9 Å². The largest absolute Gasteiger partial charge is 0.327 e. The Labute approximate surface area is 109 Å². The third-order valence-electron chi connectivity index (χ3n) is 2.10. The Morgan fingerprint density at radius 3 is 2.81 bits per heavy atom. The predicted molar refractivity (Wildman–Crippen MR) is 73.4 cm³/mol. The maximum Gasteiger partial charge on any atom is 0.124 e. The van der Waals surface area contributed by atoms with Crippen molar-refractivity contribution in [1.29, 1.82) is 0 Å². The zero-order valence-electron chi connectivity index (χ0n) is 9.38. The smallest absolute Gasteiger partial charge is 0.124 e. The third kappa shape index (κ3) is 5.32. The summed E-state index contributed by atoms with van der Waals surface area (Å²) < 4.78 is 13.9. The Morgan fingerprint density at radius 1 is 1.44 bits per heavy atom. The van der Waals surface area contributed by atoms with Gasteiger partial charge in [0.1, 0.15) is 5.82 Å². The Hall–Kier alpha value is -0.0600.